The lowest BCUT2D eigenvalue weighted by molar-refractivity contribution is -0.185. The van der Waals surface area contributed by atoms with Crippen LogP contribution in [0.5, 0.6) is 0 Å². The summed E-state index contributed by atoms with van der Waals surface area (Å²) in [4.78, 5) is 11.7. The largest absolute Gasteiger partial charge is 0.459 e. The molecule has 0 radical (unpaired) electrons. The number of ether oxygens (including phenoxy) is 1. The lowest BCUT2D eigenvalue weighted by Crippen LogP contribution is -2.52. The fraction of sp³-hybridized carbons (Fsp3) is 0.611. The van der Waals surface area contributed by atoms with Gasteiger partial charge in [0.2, 0.25) is 0 Å². The molecular formula is C18H22O2. The molecule has 0 aromatic heterocycles. The predicted octanol–water partition coefficient (Wildman–Crippen LogP) is 3.84. The number of aryl methyl sites for hydroxylation is 1. The van der Waals surface area contributed by atoms with E-state index in [1.165, 1.54) is 19.3 Å². The normalized spacial score (nSPS) is 39.2. The lowest BCUT2D eigenvalue weighted by atomic mass is 9.57. The Hall–Kier alpha value is -1.31. The molecule has 2 aliphatic carbocycles. The first-order chi connectivity index (χ1) is 9.67. The van der Waals surface area contributed by atoms with Gasteiger partial charge in [-0.2, -0.15) is 0 Å². The van der Waals surface area contributed by atoms with Crippen molar-refractivity contribution in [3.8, 4) is 0 Å². The quantitative estimate of drug-likeness (QED) is 0.670. The highest BCUT2D eigenvalue weighted by Crippen LogP contribution is 2.55. The molecule has 3 unspecified atom stereocenters. The van der Waals surface area contributed by atoms with Crippen LogP contribution in [0.4, 0.5) is 0 Å². The zero-order valence-electron chi connectivity index (χ0n) is 12.1. The molecule has 0 spiro atoms. The fourth-order valence-corrected chi connectivity index (χ4v) is 5.04. The van der Waals surface area contributed by atoms with E-state index in [2.05, 4.69) is 31.2 Å². The topological polar surface area (TPSA) is 26.3 Å². The molecule has 3 aliphatic rings. The van der Waals surface area contributed by atoms with Gasteiger partial charge < -0.3 is 4.74 Å². The number of hydrogen-bond donors (Lipinski definition) is 0. The molecule has 0 bridgehead atoms. The first-order valence-electron chi connectivity index (χ1n) is 7.97. The molecule has 1 aromatic rings. The molecule has 1 saturated heterocycles. The summed E-state index contributed by atoms with van der Waals surface area (Å²) in [5.74, 6) is 1.97. The van der Waals surface area contributed by atoms with Crippen LogP contribution in [0.1, 0.15) is 56.1 Å². The molecule has 0 N–H and O–H groups in total. The summed E-state index contributed by atoms with van der Waals surface area (Å²) in [6, 6.07) is 8.95. The van der Waals surface area contributed by atoms with Crippen molar-refractivity contribution in [2.75, 3.05) is 0 Å². The summed E-state index contributed by atoms with van der Waals surface area (Å²) in [5.41, 5.74) is 2.93. The van der Waals surface area contributed by atoms with Crippen LogP contribution in [0.3, 0.4) is 0 Å². The van der Waals surface area contributed by atoms with Gasteiger partial charge in [-0.25, -0.2) is 0 Å². The second kappa shape index (κ2) is 4.34. The Morgan fingerprint density at radius 1 is 1.15 bits per heavy atom. The van der Waals surface area contributed by atoms with Crippen molar-refractivity contribution in [2.45, 2.75) is 57.0 Å². The van der Waals surface area contributed by atoms with Gasteiger partial charge in [0.1, 0.15) is 5.60 Å². The summed E-state index contributed by atoms with van der Waals surface area (Å²) in [6.45, 7) is 2.17. The second-order valence-electron chi connectivity index (χ2n) is 6.98. The average molecular weight is 270 g/mol. The number of hydrogen-bond acceptors (Lipinski definition) is 2. The summed E-state index contributed by atoms with van der Waals surface area (Å²) in [6.07, 6.45) is 6.29. The standard InChI is InChI=1S/C18H22O2/c1-18-11-10-14-13-5-3-2-4-12(13)6-7-15(14)16(18)8-9-17(19)20-18/h2-5,14-16H,6-11H2,1H3/t14?,15?,16?,18-/m0/s1. The van der Waals surface area contributed by atoms with Crippen molar-refractivity contribution >= 4 is 5.97 Å². The zero-order chi connectivity index (χ0) is 13.7. The van der Waals surface area contributed by atoms with Crippen molar-refractivity contribution in [3.63, 3.8) is 0 Å². The number of benzene rings is 1. The van der Waals surface area contributed by atoms with E-state index in [1.54, 1.807) is 11.1 Å². The van der Waals surface area contributed by atoms with Crippen LogP contribution in [-0.4, -0.2) is 11.6 Å². The molecule has 20 heavy (non-hydrogen) atoms. The van der Waals surface area contributed by atoms with Crippen LogP contribution < -0.4 is 0 Å². The monoisotopic (exact) mass is 270 g/mol. The van der Waals surface area contributed by atoms with E-state index < -0.39 is 0 Å². The van der Waals surface area contributed by atoms with Crippen molar-refractivity contribution < 1.29 is 9.53 Å². The second-order valence-corrected chi connectivity index (χ2v) is 6.98. The highest BCUT2D eigenvalue weighted by molar-refractivity contribution is 5.71. The molecule has 1 aliphatic heterocycles. The minimum absolute atomic E-state index is 0.0124. The van der Waals surface area contributed by atoms with Gasteiger partial charge in [-0.15, -0.1) is 0 Å². The van der Waals surface area contributed by atoms with Crippen molar-refractivity contribution in [3.05, 3.63) is 35.4 Å². The van der Waals surface area contributed by atoms with Gasteiger partial charge in [-0.05, 0) is 62.0 Å². The van der Waals surface area contributed by atoms with E-state index in [4.69, 9.17) is 4.74 Å². The number of esters is 1. The molecule has 2 fully saturated rings. The van der Waals surface area contributed by atoms with Crippen LogP contribution in [0, 0.1) is 11.8 Å². The third kappa shape index (κ3) is 1.73. The maximum Gasteiger partial charge on any atom is 0.306 e. The maximum absolute atomic E-state index is 11.7. The third-order valence-electron chi connectivity index (χ3n) is 5.98. The Labute approximate surface area is 120 Å². The summed E-state index contributed by atoms with van der Waals surface area (Å²) in [5, 5.41) is 0. The van der Waals surface area contributed by atoms with Gasteiger partial charge in [0.15, 0.2) is 0 Å². The van der Waals surface area contributed by atoms with Crippen LogP contribution in [-0.2, 0) is 16.0 Å². The van der Waals surface area contributed by atoms with E-state index >= 15 is 0 Å². The number of carbonyl (C=O) groups is 1. The summed E-state index contributed by atoms with van der Waals surface area (Å²) in [7, 11) is 0. The Kier molecular flexibility index (Phi) is 2.70. The van der Waals surface area contributed by atoms with E-state index in [0.717, 1.165) is 12.8 Å². The van der Waals surface area contributed by atoms with Crippen molar-refractivity contribution in [1.29, 1.82) is 0 Å². The van der Waals surface area contributed by atoms with Crippen molar-refractivity contribution in [1.82, 2.24) is 0 Å². The van der Waals surface area contributed by atoms with Crippen LogP contribution in [0.25, 0.3) is 0 Å². The lowest BCUT2D eigenvalue weighted by Gasteiger charge is -2.53. The SMILES string of the molecule is C[C@]12CCC3c4ccccc4CCC3C1CCC(=O)O2. The third-order valence-corrected chi connectivity index (χ3v) is 5.98. The first kappa shape index (κ1) is 12.4. The Balaban J connectivity index is 1.69. The predicted molar refractivity (Wildman–Crippen MR) is 77.4 cm³/mol. The van der Waals surface area contributed by atoms with E-state index in [-0.39, 0.29) is 11.6 Å². The van der Waals surface area contributed by atoms with E-state index in [0.29, 0.717) is 24.2 Å². The highest BCUT2D eigenvalue weighted by Gasteiger charge is 2.52. The smallest absolute Gasteiger partial charge is 0.306 e. The molecule has 2 heteroatoms. The Morgan fingerprint density at radius 3 is 2.90 bits per heavy atom. The summed E-state index contributed by atoms with van der Waals surface area (Å²) < 4.78 is 5.78. The molecule has 2 nitrogen and oxygen atoms in total. The van der Waals surface area contributed by atoms with Gasteiger partial charge in [-0.3, -0.25) is 4.79 Å². The van der Waals surface area contributed by atoms with Gasteiger partial charge in [0.25, 0.3) is 0 Å². The zero-order valence-corrected chi connectivity index (χ0v) is 12.1. The molecule has 0 amide bonds. The molecular weight excluding hydrogens is 248 g/mol. The van der Waals surface area contributed by atoms with Gasteiger partial charge in [-0.1, -0.05) is 24.3 Å². The number of rotatable bonds is 0. The fourth-order valence-electron chi connectivity index (χ4n) is 5.04. The summed E-state index contributed by atoms with van der Waals surface area (Å²) >= 11 is 0. The first-order valence-corrected chi connectivity index (χ1v) is 7.97. The van der Waals surface area contributed by atoms with Gasteiger partial charge >= 0.3 is 5.97 Å². The maximum atomic E-state index is 11.7. The van der Waals surface area contributed by atoms with Gasteiger partial charge in [0.05, 0.1) is 0 Å². The Morgan fingerprint density at radius 2 is 2.00 bits per heavy atom. The molecule has 1 aromatic carbocycles. The number of fused-ring (bicyclic) bond motifs is 5. The van der Waals surface area contributed by atoms with Gasteiger partial charge in [0, 0.05) is 12.3 Å². The van der Waals surface area contributed by atoms with E-state index in [9.17, 15) is 4.79 Å². The van der Waals surface area contributed by atoms with Crippen molar-refractivity contribution in [2.24, 2.45) is 11.8 Å². The minimum Gasteiger partial charge on any atom is -0.459 e. The molecule has 106 valence electrons. The Bertz CT molecular complexity index is 550. The van der Waals surface area contributed by atoms with Crippen LogP contribution in [0.15, 0.2) is 24.3 Å². The van der Waals surface area contributed by atoms with Crippen LogP contribution >= 0.6 is 0 Å². The van der Waals surface area contributed by atoms with Crippen LogP contribution in [0.2, 0.25) is 0 Å². The molecule has 4 atom stereocenters. The minimum atomic E-state index is -0.192. The highest BCUT2D eigenvalue weighted by atomic mass is 16.6. The average Bonchev–Trinajstić information content (AvgIpc) is 2.45. The molecule has 4 rings (SSSR count). The number of carbonyl (C=O) groups excluding carboxylic acids is 1. The molecule has 1 heterocycles. The molecule has 1 saturated carbocycles. The van der Waals surface area contributed by atoms with E-state index in [1.807, 2.05) is 0 Å².